The van der Waals surface area contributed by atoms with E-state index in [0.29, 0.717) is 30.8 Å². The lowest BCUT2D eigenvalue weighted by Crippen LogP contribution is -2.47. The third-order valence-corrected chi connectivity index (χ3v) is 4.58. The SMILES string of the molecule is COc1cc(CCC(=O)[C@H](C)NC(=O)[C@H](N)CCc2ccccc2)cnc1N. The molecule has 2 aromatic rings. The monoisotopic (exact) mass is 384 g/mol. The Kier molecular flexibility index (Phi) is 7.95. The molecule has 0 saturated carbocycles. The molecule has 150 valence electrons. The Morgan fingerprint density at radius 1 is 1.18 bits per heavy atom. The molecule has 1 aromatic carbocycles. The maximum absolute atomic E-state index is 12.3. The summed E-state index contributed by atoms with van der Waals surface area (Å²) < 4.78 is 5.13. The van der Waals surface area contributed by atoms with E-state index in [2.05, 4.69) is 10.3 Å². The molecular weight excluding hydrogens is 356 g/mol. The number of carbonyl (C=O) groups is 2. The Morgan fingerprint density at radius 2 is 1.89 bits per heavy atom. The van der Waals surface area contributed by atoms with Gasteiger partial charge in [-0.2, -0.15) is 0 Å². The first-order valence-electron chi connectivity index (χ1n) is 9.31. The summed E-state index contributed by atoms with van der Waals surface area (Å²) >= 11 is 0. The molecule has 1 heterocycles. The van der Waals surface area contributed by atoms with Crippen molar-refractivity contribution in [1.82, 2.24) is 10.3 Å². The first kappa shape index (κ1) is 21.4. The molecule has 0 aliphatic carbocycles. The number of ketones is 1. The first-order chi connectivity index (χ1) is 13.4. The van der Waals surface area contributed by atoms with Crippen molar-refractivity contribution in [1.29, 1.82) is 0 Å². The van der Waals surface area contributed by atoms with Crippen LogP contribution in [0.5, 0.6) is 5.75 Å². The number of nitrogens with zero attached hydrogens (tertiary/aromatic N) is 1. The second-order valence-corrected chi connectivity index (χ2v) is 6.76. The van der Waals surface area contributed by atoms with Crippen molar-refractivity contribution in [3.05, 3.63) is 53.7 Å². The molecule has 0 unspecified atom stereocenters. The average Bonchev–Trinajstić information content (AvgIpc) is 2.71. The number of hydrogen-bond donors (Lipinski definition) is 3. The lowest BCUT2D eigenvalue weighted by Gasteiger charge is -2.17. The molecule has 0 aliphatic rings. The van der Waals surface area contributed by atoms with Gasteiger partial charge < -0.3 is 21.5 Å². The smallest absolute Gasteiger partial charge is 0.237 e. The Labute approximate surface area is 165 Å². The van der Waals surface area contributed by atoms with Gasteiger partial charge in [0.15, 0.2) is 17.4 Å². The minimum atomic E-state index is -0.652. The van der Waals surface area contributed by atoms with Gasteiger partial charge >= 0.3 is 0 Å². The van der Waals surface area contributed by atoms with Crippen molar-refractivity contribution in [2.45, 2.75) is 44.7 Å². The van der Waals surface area contributed by atoms with E-state index in [-0.39, 0.29) is 18.1 Å². The van der Waals surface area contributed by atoms with E-state index in [0.717, 1.165) is 11.1 Å². The minimum Gasteiger partial charge on any atom is -0.493 e. The zero-order valence-electron chi connectivity index (χ0n) is 16.4. The lowest BCUT2D eigenvalue weighted by atomic mass is 10.0. The van der Waals surface area contributed by atoms with Crippen LogP contribution >= 0.6 is 0 Å². The number of carbonyl (C=O) groups excluding carboxylic acids is 2. The zero-order valence-corrected chi connectivity index (χ0v) is 16.4. The highest BCUT2D eigenvalue weighted by Gasteiger charge is 2.20. The van der Waals surface area contributed by atoms with Gasteiger partial charge in [0.2, 0.25) is 5.91 Å². The van der Waals surface area contributed by atoms with E-state index in [1.165, 1.54) is 7.11 Å². The Hall–Kier alpha value is -2.93. The van der Waals surface area contributed by atoms with Gasteiger partial charge in [-0.05, 0) is 43.4 Å². The summed E-state index contributed by atoms with van der Waals surface area (Å²) in [6.45, 7) is 1.67. The van der Waals surface area contributed by atoms with Gasteiger partial charge in [0, 0.05) is 12.6 Å². The molecule has 5 N–H and O–H groups in total. The molecule has 28 heavy (non-hydrogen) atoms. The highest BCUT2D eigenvalue weighted by atomic mass is 16.5. The highest BCUT2D eigenvalue weighted by molar-refractivity contribution is 5.90. The molecule has 7 nitrogen and oxygen atoms in total. The van der Waals surface area contributed by atoms with Crippen LogP contribution in [-0.2, 0) is 22.4 Å². The number of aryl methyl sites for hydroxylation is 2. The van der Waals surface area contributed by atoms with Crippen molar-refractivity contribution < 1.29 is 14.3 Å². The van der Waals surface area contributed by atoms with Crippen molar-refractivity contribution in [3.8, 4) is 5.75 Å². The molecule has 0 saturated heterocycles. The number of Topliss-reactive ketones (excluding diaryl/α,β-unsaturated/α-hetero) is 1. The van der Waals surface area contributed by atoms with E-state index < -0.39 is 12.1 Å². The van der Waals surface area contributed by atoms with Gasteiger partial charge in [0.05, 0.1) is 19.2 Å². The number of amides is 1. The summed E-state index contributed by atoms with van der Waals surface area (Å²) in [7, 11) is 1.51. The fraction of sp³-hybridized carbons (Fsp3) is 0.381. The second kappa shape index (κ2) is 10.4. The summed E-state index contributed by atoms with van der Waals surface area (Å²) in [5.41, 5.74) is 13.6. The van der Waals surface area contributed by atoms with Gasteiger partial charge in [-0.25, -0.2) is 4.98 Å². The number of nitrogens with one attached hydrogen (secondary N) is 1. The van der Waals surface area contributed by atoms with E-state index in [1.54, 1.807) is 19.2 Å². The van der Waals surface area contributed by atoms with Gasteiger partial charge in [0.25, 0.3) is 0 Å². The number of nitrogen functional groups attached to an aromatic ring is 1. The summed E-state index contributed by atoms with van der Waals surface area (Å²) in [5, 5.41) is 2.71. The lowest BCUT2D eigenvalue weighted by molar-refractivity contribution is -0.128. The largest absolute Gasteiger partial charge is 0.493 e. The minimum absolute atomic E-state index is 0.0700. The maximum atomic E-state index is 12.3. The molecule has 0 aliphatic heterocycles. The fourth-order valence-electron chi connectivity index (χ4n) is 2.78. The van der Waals surface area contributed by atoms with Gasteiger partial charge in [-0.3, -0.25) is 9.59 Å². The van der Waals surface area contributed by atoms with E-state index in [9.17, 15) is 9.59 Å². The van der Waals surface area contributed by atoms with Crippen LogP contribution < -0.4 is 21.5 Å². The van der Waals surface area contributed by atoms with Crippen LogP contribution in [0.3, 0.4) is 0 Å². The van der Waals surface area contributed by atoms with Crippen LogP contribution in [0.25, 0.3) is 0 Å². The Balaban J connectivity index is 1.78. The van der Waals surface area contributed by atoms with Crippen LogP contribution in [-0.4, -0.2) is 35.9 Å². The van der Waals surface area contributed by atoms with Crippen LogP contribution in [0.2, 0.25) is 0 Å². The molecule has 7 heteroatoms. The van der Waals surface area contributed by atoms with Crippen LogP contribution in [0.15, 0.2) is 42.6 Å². The number of ether oxygens (including phenoxy) is 1. The molecule has 1 aromatic heterocycles. The van der Waals surface area contributed by atoms with Crippen molar-refractivity contribution in [3.63, 3.8) is 0 Å². The zero-order chi connectivity index (χ0) is 20.5. The second-order valence-electron chi connectivity index (χ2n) is 6.76. The van der Waals surface area contributed by atoms with Gasteiger partial charge in [-0.1, -0.05) is 30.3 Å². The standard InChI is InChI=1S/C21H28N4O3/c1-14(18(26)11-9-16-12-19(28-2)20(23)24-13-16)25-21(27)17(22)10-8-15-6-4-3-5-7-15/h3-7,12-14,17H,8-11,22H2,1-2H3,(H2,23,24)(H,25,27)/t14-,17+/m0/s1. The Bertz CT molecular complexity index is 795. The highest BCUT2D eigenvalue weighted by Crippen LogP contribution is 2.20. The van der Waals surface area contributed by atoms with Gasteiger partial charge in [-0.15, -0.1) is 0 Å². The molecule has 0 bridgehead atoms. The molecule has 1 amide bonds. The third kappa shape index (κ3) is 6.35. The number of rotatable bonds is 10. The van der Waals surface area contributed by atoms with Crippen molar-refractivity contribution in [2.24, 2.45) is 5.73 Å². The summed E-state index contributed by atoms with van der Waals surface area (Å²) in [5.74, 6) is 0.408. The average molecular weight is 384 g/mol. The summed E-state index contributed by atoms with van der Waals surface area (Å²) in [6.07, 6.45) is 3.61. The summed E-state index contributed by atoms with van der Waals surface area (Å²) in [6, 6.07) is 10.4. The van der Waals surface area contributed by atoms with Crippen molar-refractivity contribution in [2.75, 3.05) is 12.8 Å². The molecule has 2 rings (SSSR count). The van der Waals surface area contributed by atoms with Crippen LogP contribution in [0.1, 0.15) is 30.9 Å². The van der Waals surface area contributed by atoms with Crippen molar-refractivity contribution >= 4 is 17.5 Å². The fourth-order valence-corrected chi connectivity index (χ4v) is 2.78. The molecule has 0 spiro atoms. The summed E-state index contributed by atoms with van der Waals surface area (Å²) in [4.78, 5) is 28.6. The van der Waals surface area contributed by atoms with E-state index in [4.69, 9.17) is 16.2 Å². The normalized spacial score (nSPS) is 12.8. The topological polar surface area (TPSA) is 120 Å². The number of benzene rings is 1. The molecule has 2 atom stereocenters. The molecular formula is C21H28N4O3. The van der Waals surface area contributed by atoms with E-state index >= 15 is 0 Å². The maximum Gasteiger partial charge on any atom is 0.237 e. The predicted molar refractivity (Wildman–Crippen MR) is 109 cm³/mol. The predicted octanol–water partition coefficient (Wildman–Crippen LogP) is 1.64. The van der Waals surface area contributed by atoms with Crippen LogP contribution in [0, 0.1) is 0 Å². The third-order valence-electron chi connectivity index (χ3n) is 4.58. The van der Waals surface area contributed by atoms with Gasteiger partial charge in [0.1, 0.15) is 0 Å². The Morgan fingerprint density at radius 3 is 2.57 bits per heavy atom. The molecule has 0 fully saturated rings. The number of methoxy groups -OCH3 is 1. The number of aromatic nitrogens is 1. The van der Waals surface area contributed by atoms with E-state index in [1.807, 2.05) is 30.3 Å². The number of nitrogens with two attached hydrogens (primary N) is 2. The number of pyridine rings is 1. The number of anilines is 1. The quantitative estimate of drug-likeness (QED) is 0.573. The molecule has 0 radical (unpaired) electrons. The van der Waals surface area contributed by atoms with Crippen LogP contribution in [0.4, 0.5) is 5.82 Å². The number of hydrogen-bond acceptors (Lipinski definition) is 6. The first-order valence-corrected chi connectivity index (χ1v) is 9.31.